The molecule has 6 nitrogen and oxygen atoms in total. The highest BCUT2D eigenvalue weighted by molar-refractivity contribution is 5.80. The van der Waals surface area contributed by atoms with Crippen molar-refractivity contribution in [3.8, 4) is 5.88 Å². The average molecular weight is 266 g/mol. The van der Waals surface area contributed by atoms with Gasteiger partial charge in [-0.1, -0.05) is 13.8 Å². The summed E-state index contributed by atoms with van der Waals surface area (Å²) in [5, 5.41) is 2.57. The minimum absolute atomic E-state index is 0.0780. The fraction of sp³-hybridized carbons (Fsp3) is 0.538. The number of hydrogen-bond acceptors (Lipinski definition) is 5. The second-order valence-corrected chi connectivity index (χ2v) is 4.80. The van der Waals surface area contributed by atoms with Crippen LogP contribution >= 0.6 is 0 Å². The van der Waals surface area contributed by atoms with Crippen molar-refractivity contribution in [3.05, 3.63) is 12.1 Å². The van der Waals surface area contributed by atoms with Crippen LogP contribution in [0.5, 0.6) is 5.88 Å². The molecule has 1 heterocycles. The number of hydrogen-bond donors (Lipinski definition) is 2. The predicted octanol–water partition coefficient (Wildman–Crippen LogP) is 0.881. The van der Waals surface area contributed by atoms with E-state index in [1.165, 1.54) is 0 Å². The first-order chi connectivity index (χ1) is 8.93. The highest BCUT2D eigenvalue weighted by Crippen LogP contribution is 2.22. The molecule has 0 fully saturated rings. The molecule has 1 aromatic heterocycles. The Bertz CT molecular complexity index is 435. The number of nitrogen functional groups attached to an aromatic ring is 1. The summed E-state index contributed by atoms with van der Waals surface area (Å²) in [7, 11) is 3.39. The van der Waals surface area contributed by atoms with Gasteiger partial charge >= 0.3 is 0 Å². The number of amides is 1. The summed E-state index contributed by atoms with van der Waals surface area (Å²) in [5.41, 5.74) is 6.32. The largest absolute Gasteiger partial charge is 0.476 e. The maximum Gasteiger partial charge on any atom is 0.239 e. The standard InChI is InChI=1S/C13H22N4O2/c1-9(2)8-19-13-10(14)5-6-11(16-13)17(4)7-12(18)15-3/h5-6,9H,7-8,14H2,1-4H3,(H,15,18). The van der Waals surface area contributed by atoms with Gasteiger partial charge in [-0.25, -0.2) is 0 Å². The number of aromatic nitrogens is 1. The molecule has 0 atom stereocenters. The monoisotopic (exact) mass is 266 g/mol. The Kier molecular flexibility index (Phi) is 5.41. The molecular weight excluding hydrogens is 244 g/mol. The first kappa shape index (κ1) is 15.1. The number of nitrogens with one attached hydrogen (secondary N) is 1. The van der Waals surface area contributed by atoms with Crippen molar-refractivity contribution in [1.82, 2.24) is 10.3 Å². The lowest BCUT2D eigenvalue weighted by Crippen LogP contribution is -2.33. The third-order valence-corrected chi connectivity index (χ3v) is 2.48. The molecule has 0 saturated carbocycles. The lowest BCUT2D eigenvalue weighted by molar-refractivity contribution is -0.119. The van der Waals surface area contributed by atoms with E-state index in [9.17, 15) is 4.79 Å². The van der Waals surface area contributed by atoms with Crippen molar-refractivity contribution in [3.63, 3.8) is 0 Å². The smallest absolute Gasteiger partial charge is 0.239 e. The first-order valence-corrected chi connectivity index (χ1v) is 6.25. The van der Waals surface area contributed by atoms with Gasteiger partial charge in [0.25, 0.3) is 0 Å². The van der Waals surface area contributed by atoms with Gasteiger partial charge in [-0.15, -0.1) is 0 Å². The summed E-state index contributed by atoms with van der Waals surface area (Å²) in [6.07, 6.45) is 0. The molecule has 0 unspecified atom stereocenters. The number of ether oxygens (including phenoxy) is 1. The molecule has 0 aromatic carbocycles. The second-order valence-electron chi connectivity index (χ2n) is 4.80. The van der Waals surface area contributed by atoms with Crippen molar-refractivity contribution >= 4 is 17.4 Å². The van der Waals surface area contributed by atoms with E-state index in [1.807, 2.05) is 0 Å². The SMILES string of the molecule is CNC(=O)CN(C)c1ccc(N)c(OCC(C)C)n1. The van der Waals surface area contributed by atoms with Gasteiger partial charge in [0.2, 0.25) is 11.8 Å². The Hall–Kier alpha value is -1.98. The quantitative estimate of drug-likeness (QED) is 0.799. The minimum atomic E-state index is -0.0780. The number of carbonyl (C=O) groups is 1. The van der Waals surface area contributed by atoms with Gasteiger partial charge in [0.15, 0.2) is 0 Å². The maximum absolute atomic E-state index is 11.3. The van der Waals surface area contributed by atoms with Crippen LogP contribution in [0.25, 0.3) is 0 Å². The minimum Gasteiger partial charge on any atom is -0.476 e. The van der Waals surface area contributed by atoms with E-state index in [2.05, 4.69) is 24.1 Å². The molecule has 0 aliphatic carbocycles. The molecule has 19 heavy (non-hydrogen) atoms. The number of nitrogens with two attached hydrogens (primary N) is 1. The summed E-state index contributed by atoms with van der Waals surface area (Å²) in [5.74, 6) is 1.38. The molecule has 0 spiro atoms. The van der Waals surface area contributed by atoms with Gasteiger partial charge in [0, 0.05) is 14.1 Å². The molecule has 0 radical (unpaired) electrons. The zero-order chi connectivity index (χ0) is 14.4. The van der Waals surface area contributed by atoms with Crippen LogP contribution in [0.1, 0.15) is 13.8 Å². The fourth-order valence-electron chi connectivity index (χ4n) is 1.39. The topological polar surface area (TPSA) is 80.5 Å². The lowest BCUT2D eigenvalue weighted by atomic mass is 10.2. The van der Waals surface area contributed by atoms with Crippen molar-refractivity contribution in [2.45, 2.75) is 13.8 Å². The summed E-state index contributed by atoms with van der Waals surface area (Å²) in [6.45, 7) is 4.90. The van der Waals surface area contributed by atoms with Crippen LogP contribution in [-0.2, 0) is 4.79 Å². The van der Waals surface area contributed by atoms with Gasteiger partial charge in [-0.05, 0) is 18.1 Å². The van der Waals surface area contributed by atoms with E-state index < -0.39 is 0 Å². The summed E-state index contributed by atoms with van der Waals surface area (Å²) in [6, 6.07) is 3.50. The molecule has 1 aromatic rings. The Labute approximate surface area is 113 Å². The van der Waals surface area contributed by atoms with E-state index in [1.54, 1.807) is 31.1 Å². The number of likely N-dealkylation sites (N-methyl/N-ethyl adjacent to an activating group) is 2. The van der Waals surface area contributed by atoms with Crippen LogP contribution in [0, 0.1) is 5.92 Å². The van der Waals surface area contributed by atoms with Crippen LogP contribution in [0.15, 0.2) is 12.1 Å². The number of carbonyl (C=O) groups excluding carboxylic acids is 1. The van der Waals surface area contributed by atoms with E-state index in [-0.39, 0.29) is 12.5 Å². The fourth-order valence-corrected chi connectivity index (χ4v) is 1.39. The molecule has 6 heteroatoms. The van der Waals surface area contributed by atoms with E-state index in [4.69, 9.17) is 10.5 Å². The third kappa shape index (κ3) is 4.65. The van der Waals surface area contributed by atoms with Gasteiger partial charge in [-0.2, -0.15) is 4.98 Å². The van der Waals surface area contributed by atoms with Gasteiger partial charge in [0.1, 0.15) is 5.82 Å². The Morgan fingerprint density at radius 2 is 2.21 bits per heavy atom. The predicted molar refractivity (Wildman–Crippen MR) is 76.3 cm³/mol. The normalized spacial score (nSPS) is 10.4. The first-order valence-electron chi connectivity index (χ1n) is 6.25. The highest BCUT2D eigenvalue weighted by atomic mass is 16.5. The van der Waals surface area contributed by atoms with Crippen molar-refractivity contribution in [2.75, 3.05) is 37.9 Å². The number of anilines is 2. The number of rotatable bonds is 6. The average Bonchev–Trinajstić information content (AvgIpc) is 2.37. The molecule has 0 saturated heterocycles. The third-order valence-electron chi connectivity index (χ3n) is 2.48. The summed E-state index contributed by atoms with van der Waals surface area (Å²) < 4.78 is 5.56. The van der Waals surface area contributed by atoms with Crippen LogP contribution in [0.3, 0.4) is 0 Å². The molecular formula is C13H22N4O2. The van der Waals surface area contributed by atoms with Crippen molar-refractivity contribution in [2.24, 2.45) is 5.92 Å². The second kappa shape index (κ2) is 6.82. The molecule has 106 valence electrons. The zero-order valence-corrected chi connectivity index (χ0v) is 11.9. The molecule has 1 amide bonds. The van der Waals surface area contributed by atoms with Crippen LogP contribution in [-0.4, -0.2) is 38.1 Å². The van der Waals surface area contributed by atoms with Crippen LogP contribution < -0.4 is 20.7 Å². The van der Waals surface area contributed by atoms with Crippen LogP contribution in [0.4, 0.5) is 11.5 Å². The molecule has 3 N–H and O–H groups in total. The Morgan fingerprint density at radius 3 is 2.79 bits per heavy atom. The Balaban J connectivity index is 2.79. The maximum atomic E-state index is 11.3. The van der Waals surface area contributed by atoms with Gasteiger partial charge in [0.05, 0.1) is 18.8 Å². The summed E-state index contributed by atoms with van der Waals surface area (Å²) >= 11 is 0. The Morgan fingerprint density at radius 1 is 1.53 bits per heavy atom. The van der Waals surface area contributed by atoms with E-state index in [0.29, 0.717) is 29.9 Å². The van der Waals surface area contributed by atoms with Crippen molar-refractivity contribution in [1.29, 1.82) is 0 Å². The molecule has 0 aliphatic rings. The summed E-state index contributed by atoms with van der Waals surface area (Å²) in [4.78, 5) is 17.4. The zero-order valence-electron chi connectivity index (χ0n) is 11.9. The molecule has 0 bridgehead atoms. The number of pyridine rings is 1. The lowest BCUT2D eigenvalue weighted by Gasteiger charge is -2.18. The van der Waals surface area contributed by atoms with E-state index in [0.717, 1.165) is 0 Å². The van der Waals surface area contributed by atoms with Crippen LogP contribution in [0.2, 0.25) is 0 Å². The van der Waals surface area contributed by atoms with Gasteiger partial charge < -0.3 is 20.7 Å². The van der Waals surface area contributed by atoms with Crippen molar-refractivity contribution < 1.29 is 9.53 Å². The van der Waals surface area contributed by atoms with E-state index >= 15 is 0 Å². The molecule has 1 rings (SSSR count). The molecule has 0 aliphatic heterocycles. The highest BCUT2D eigenvalue weighted by Gasteiger charge is 2.11. The van der Waals surface area contributed by atoms with Gasteiger partial charge in [-0.3, -0.25) is 4.79 Å². The number of nitrogens with zero attached hydrogens (tertiary/aromatic N) is 2.